The van der Waals surface area contributed by atoms with Crippen LogP contribution < -0.4 is 11.1 Å². The molecule has 0 saturated carbocycles. The highest BCUT2D eigenvalue weighted by Crippen LogP contribution is 2.15. The van der Waals surface area contributed by atoms with Crippen molar-refractivity contribution in [3.05, 3.63) is 58.3 Å². The topological polar surface area (TPSA) is 89.6 Å². The summed E-state index contributed by atoms with van der Waals surface area (Å²) in [5.41, 5.74) is 7.94. The van der Waals surface area contributed by atoms with Gasteiger partial charge in [-0.3, -0.25) is 4.79 Å². The lowest BCUT2D eigenvalue weighted by atomic mass is 10.1. The molecule has 0 saturated heterocycles. The molecule has 1 aliphatic heterocycles. The van der Waals surface area contributed by atoms with Gasteiger partial charge in [-0.1, -0.05) is 12.1 Å². The summed E-state index contributed by atoms with van der Waals surface area (Å²) < 4.78 is 5.83. The number of aryl methyl sites for hydroxylation is 1. The van der Waals surface area contributed by atoms with Crippen LogP contribution in [0.15, 0.2) is 52.2 Å². The predicted molar refractivity (Wildman–Crippen MR) is 96.0 cm³/mol. The normalized spacial score (nSPS) is 16.4. The fraction of sp³-hybridized carbons (Fsp3) is 0.235. The van der Waals surface area contributed by atoms with E-state index in [1.807, 2.05) is 24.3 Å². The Balaban J connectivity index is 1.54. The largest absolute Gasteiger partial charge is 0.463 e. The first-order valence-corrected chi connectivity index (χ1v) is 8.37. The van der Waals surface area contributed by atoms with Crippen LogP contribution in [0.3, 0.4) is 0 Å². The second-order valence-corrected chi connectivity index (χ2v) is 6.30. The van der Waals surface area contributed by atoms with E-state index in [2.05, 4.69) is 31.2 Å². The zero-order chi connectivity index (χ0) is 16.9. The number of aromatic nitrogens is 1. The van der Waals surface area contributed by atoms with Crippen LogP contribution in [-0.2, 0) is 11.2 Å². The van der Waals surface area contributed by atoms with Crippen molar-refractivity contribution in [2.45, 2.75) is 18.9 Å². The molecule has 24 heavy (non-hydrogen) atoms. The highest BCUT2D eigenvalue weighted by Gasteiger charge is 2.16. The Morgan fingerprint density at radius 1 is 1.29 bits per heavy atom. The third-order valence-corrected chi connectivity index (χ3v) is 4.17. The molecule has 1 aromatic carbocycles. The number of rotatable bonds is 5. The van der Waals surface area contributed by atoms with Crippen molar-refractivity contribution in [3.8, 4) is 0 Å². The van der Waals surface area contributed by atoms with Gasteiger partial charge in [0.15, 0.2) is 0 Å². The van der Waals surface area contributed by atoms with E-state index in [9.17, 15) is 4.79 Å². The maximum atomic E-state index is 12.1. The molecule has 6 nitrogen and oxygen atoms in total. The van der Waals surface area contributed by atoms with E-state index in [4.69, 9.17) is 10.5 Å². The fourth-order valence-corrected chi connectivity index (χ4v) is 2.62. The molecular formula is C17H17BrN4O2. The van der Waals surface area contributed by atoms with Gasteiger partial charge in [-0.25, -0.2) is 9.98 Å². The highest BCUT2D eigenvalue weighted by molar-refractivity contribution is 9.10. The molecule has 0 fully saturated rings. The monoisotopic (exact) mass is 388 g/mol. The lowest BCUT2D eigenvalue weighted by Gasteiger charge is -2.08. The van der Waals surface area contributed by atoms with Gasteiger partial charge < -0.3 is 15.8 Å². The van der Waals surface area contributed by atoms with Crippen LogP contribution in [0, 0.1) is 0 Å². The van der Waals surface area contributed by atoms with E-state index in [1.165, 1.54) is 11.8 Å². The Bertz CT molecular complexity index is 744. The smallest absolute Gasteiger partial charge is 0.282 e. The molecular weight excluding hydrogens is 372 g/mol. The molecule has 1 amide bonds. The standard InChI is InChI=1S/C17H17BrN4O2/c18-15-8-4-12(9-20-15)16(23)21-13-5-1-11(2-6-13)3-7-14-10-24-17(19)22-14/h1-2,4-6,8-9,14H,3,7,10H2,(H2,19,22)(H,21,23)/t14-/m0/s1. The van der Waals surface area contributed by atoms with Gasteiger partial charge in [0.05, 0.1) is 11.6 Å². The third-order valence-electron chi connectivity index (χ3n) is 3.70. The van der Waals surface area contributed by atoms with Crippen LogP contribution in [0.4, 0.5) is 5.69 Å². The Hall–Kier alpha value is -2.41. The van der Waals surface area contributed by atoms with Gasteiger partial charge in [0.2, 0.25) is 0 Å². The number of ether oxygens (including phenoxy) is 1. The van der Waals surface area contributed by atoms with Crippen LogP contribution in [0.1, 0.15) is 22.3 Å². The van der Waals surface area contributed by atoms with E-state index in [0.29, 0.717) is 16.8 Å². The number of nitrogens with zero attached hydrogens (tertiary/aromatic N) is 2. The van der Waals surface area contributed by atoms with Crippen molar-refractivity contribution in [2.75, 3.05) is 11.9 Å². The molecule has 7 heteroatoms. The average molecular weight is 389 g/mol. The summed E-state index contributed by atoms with van der Waals surface area (Å²) >= 11 is 3.25. The summed E-state index contributed by atoms with van der Waals surface area (Å²) in [4.78, 5) is 20.4. The zero-order valence-electron chi connectivity index (χ0n) is 12.9. The molecule has 2 aromatic rings. The molecule has 1 aromatic heterocycles. The van der Waals surface area contributed by atoms with Crippen LogP contribution in [-0.4, -0.2) is 29.6 Å². The fourth-order valence-electron chi connectivity index (χ4n) is 2.39. The first-order chi connectivity index (χ1) is 11.6. The number of nitrogens with one attached hydrogen (secondary N) is 1. The quantitative estimate of drug-likeness (QED) is 0.770. The lowest BCUT2D eigenvalue weighted by molar-refractivity contribution is 0.102. The van der Waals surface area contributed by atoms with Crippen LogP contribution in [0.2, 0.25) is 0 Å². The molecule has 0 bridgehead atoms. The molecule has 3 N–H and O–H groups in total. The Morgan fingerprint density at radius 3 is 2.71 bits per heavy atom. The predicted octanol–water partition coefficient (Wildman–Crippen LogP) is 2.74. The van der Waals surface area contributed by atoms with Crippen LogP contribution >= 0.6 is 15.9 Å². The number of hydrogen-bond acceptors (Lipinski definition) is 5. The molecule has 1 atom stereocenters. The number of anilines is 1. The van der Waals surface area contributed by atoms with Gasteiger partial charge in [0.25, 0.3) is 11.9 Å². The number of carbonyl (C=O) groups is 1. The summed E-state index contributed by atoms with van der Waals surface area (Å²) in [7, 11) is 0. The number of nitrogens with two attached hydrogens (primary N) is 1. The maximum absolute atomic E-state index is 12.1. The minimum atomic E-state index is -0.185. The molecule has 0 radical (unpaired) electrons. The first-order valence-electron chi connectivity index (χ1n) is 7.58. The number of amidine groups is 1. The van der Waals surface area contributed by atoms with E-state index in [-0.39, 0.29) is 18.0 Å². The van der Waals surface area contributed by atoms with Crippen molar-refractivity contribution >= 4 is 33.5 Å². The average Bonchev–Trinajstić information content (AvgIpc) is 3.00. The summed E-state index contributed by atoms with van der Waals surface area (Å²) in [6.45, 7) is 0.557. The lowest BCUT2D eigenvalue weighted by Crippen LogP contribution is -2.12. The first kappa shape index (κ1) is 16.4. The summed E-state index contributed by atoms with van der Waals surface area (Å²) in [6.07, 6.45) is 3.30. The van der Waals surface area contributed by atoms with Gasteiger partial charge in [-0.15, -0.1) is 0 Å². The summed E-state index contributed by atoms with van der Waals surface area (Å²) in [5, 5.41) is 2.86. The second-order valence-electron chi connectivity index (χ2n) is 5.49. The third kappa shape index (κ3) is 4.32. The zero-order valence-corrected chi connectivity index (χ0v) is 14.5. The number of amides is 1. The highest BCUT2D eigenvalue weighted by atomic mass is 79.9. The molecule has 2 heterocycles. The second kappa shape index (κ2) is 7.44. The van der Waals surface area contributed by atoms with Crippen molar-refractivity contribution in [2.24, 2.45) is 10.7 Å². The Morgan fingerprint density at radius 2 is 2.08 bits per heavy atom. The number of aliphatic imine (C=N–C) groups is 1. The molecule has 1 aliphatic rings. The molecule has 0 spiro atoms. The minimum Gasteiger partial charge on any atom is -0.463 e. The maximum Gasteiger partial charge on any atom is 0.282 e. The summed E-state index contributed by atoms with van der Waals surface area (Å²) in [6, 6.07) is 11.6. The van der Waals surface area contributed by atoms with Crippen molar-refractivity contribution in [1.29, 1.82) is 0 Å². The Kier molecular flexibility index (Phi) is 5.10. The van der Waals surface area contributed by atoms with Crippen LogP contribution in [0.25, 0.3) is 0 Å². The molecule has 124 valence electrons. The number of hydrogen-bond donors (Lipinski definition) is 2. The van der Waals surface area contributed by atoms with Crippen molar-refractivity contribution in [3.63, 3.8) is 0 Å². The van der Waals surface area contributed by atoms with E-state index in [0.717, 1.165) is 18.5 Å². The Labute approximate surface area is 148 Å². The molecule has 0 unspecified atom stereocenters. The van der Waals surface area contributed by atoms with E-state index < -0.39 is 0 Å². The number of pyridine rings is 1. The van der Waals surface area contributed by atoms with Crippen molar-refractivity contribution < 1.29 is 9.53 Å². The minimum absolute atomic E-state index is 0.134. The summed E-state index contributed by atoms with van der Waals surface area (Å²) in [5.74, 6) is -0.185. The van der Waals surface area contributed by atoms with E-state index >= 15 is 0 Å². The van der Waals surface area contributed by atoms with Gasteiger partial charge >= 0.3 is 0 Å². The van der Waals surface area contributed by atoms with Gasteiger partial charge in [-0.2, -0.15) is 0 Å². The van der Waals surface area contributed by atoms with Gasteiger partial charge in [0.1, 0.15) is 11.2 Å². The molecule has 0 aliphatic carbocycles. The number of halogens is 1. The number of benzene rings is 1. The number of carbonyl (C=O) groups excluding carboxylic acids is 1. The van der Waals surface area contributed by atoms with Gasteiger partial charge in [-0.05, 0) is 58.6 Å². The SMILES string of the molecule is NC1=N[C@@H](CCc2ccc(NC(=O)c3ccc(Br)nc3)cc2)CO1. The molecule has 3 rings (SSSR count). The van der Waals surface area contributed by atoms with Crippen LogP contribution in [0.5, 0.6) is 0 Å². The van der Waals surface area contributed by atoms with Crippen molar-refractivity contribution in [1.82, 2.24) is 4.98 Å². The van der Waals surface area contributed by atoms with Gasteiger partial charge in [0, 0.05) is 11.9 Å². The van der Waals surface area contributed by atoms with E-state index in [1.54, 1.807) is 12.1 Å².